The van der Waals surface area contributed by atoms with Crippen LogP contribution in [0.2, 0.25) is 0 Å². The summed E-state index contributed by atoms with van der Waals surface area (Å²) in [6, 6.07) is 9.45. The van der Waals surface area contributed by atoms with E-state index < -0.39 is 47.9 Å². The topological polar surface area (TPSA) is 187 Å². The van der Waals surface area contributed by atoms with E-state index in [-0.39, 0.29) is 36.8 Å². The fourth-order valence-corrected chi connectivity index (χ4v) is 4.61. The largest absolute Gasteiger partial charge is 0.508 e. The van der Waals surface area contributed by atoms with Gasteiger partial charge < -0.3 is 36.9 Å². The maximum absolute atomic E-state index is 13.7. The summed E-state index contributed by atoms with van der Waals surface area (Å²) in [7, 11) is 0. The predicted octanol–water partition coefficient (Wildman–Crippen LogP) is 2.23. The van der Waals surface area contributed by atoms with Gasteiger partial charge in [-0.3, -0.25) is 14.4 Å². The molecule has 3 aromatic rings. The number of carbonyl (C=O) groups is 4. The van der Waals surface area contributed by atoms with Gasteiger partial charge in [-0.25, -0.2) is 4.79 Å². The molecule has 0 saturated heterocycles. The molecular weight excluding hydrogens is 538 g/mol. The number of benzene rings is 2. The predicted molar refractivity (Wildman–Crippen MR) is 160 cm³/mol. The van der Waals surface area contributed by atoms with Crippen molar-refractivity contribution >= 4 is 34.6 Å². The van der Waals surface area contributed by atoms with Crippen LogP contribution >= 0.6 is 0 Å². The van der Waals surface area contributed by atoms with Crippen molar-refractivity contribution < 1.29 is 29.4 Å². The fraction of sp³-hybridized carbons (Fsp3) is 0.419. The van der Waals surface area contributed by atoms with Crippen molar-refractivity contribution in [1.82, 2.24) is 20.9 Å². The zero-order valence-corrected chi connectivity index (χ0v) is 24.4. The van der Waals surface area contributed by atoms with Crippen molar-refractivity contribution in [2.75, 3.05) is 0 Å². The first-order valence-corrected chi connectivity index (χ1v) is 14.1. The van der Waals surface area contributed by atoms with Gasteiger partial charge in [0.1, 0.15) is 23.9 Å². The summed E-state index contributed by atoms with van der Waals surface area (Å²) in [6.07, 6.45) is 2.09. The SMILES string of the molecule is CC(C)CC(NC(=O)C(Cc1c[nH]c2ccccc12)NC(=O)C(Cc1ccc(O)cc1)NC(=O)C(N)C(C)C)C(=O)O. The number of carboxylic acid groups (broad SMARTS) is 1. The minimum atomic E-state index is -1.17. The quantitative estimate of drug-likeness (QED) is 0.152. The van der Waals surface area contributed by atoms with Crippen LogP contribution in [0.25, 0.3) is 10.9 Å². The summed E-state index contributed by atoms with van der Waals surface area (Å²) >= 11 is 0. The lowest BCUT2D eigenvalue weighted by Crippen LogP contribution is -2.58. The highest BCUT2D eigenvalue weighted by Gasteiger charge is 2.32. The molecule has 1 heterocycles. The number of carboxylic acids is 1. The number of hydrogen-bond acceptors (Lipinski definition) is 6. The molecule has 2 aromatic carbocycles. The third kappa shape index (κ3) is 8.81. The monoisotopic (exact) mass is 579 g/mol. The van der Waals surface area contributed by atoms with Crippen molar-refractivity contribution in [3.63, 3.8) is 0 Å². The first-order valence-electron chi connectivity index (χ1n) is 14.1. The van der Waals surface area contributed by atoms with Gasteiger partial charge in [-0.15, -0.1) is 0 Å². The average Bonchev–Trinajstić information content (AvgIpc) is 3.34. The molecular formula is C31H41N5O6. The molecule has 3 amide bonds. The van der Waals surface area contributed by atoms with Crippen LogP contribution < -0.4 is 21.7 Å². The molecule has 0 bridgehead atoms. The Balaban J connectivity index is 1.92. The molecule has 0 aliphatic rings. The minimum Gasteiger partial charge on any atom is -0.508 e. The van der Waals surface area contributed by atoms with Crippen LogP contribution in [0, 0.1) is 11.8 Å². The number of carbonyl (C=O) groups excluding carboxylic acids is 3. The molecule has 0 saturated carbocycles. The van der Waals surface area contributed by atoms with Crippen LogP contribution in [0.1, 0.15) is 45.2 Å². The molecule has 226 valence electrons. The number of amides is 3. The van der Waals surface area contributed by atoms with Crippen LogP contribution in [-0.2, 0) is 32.0 Å². The molecule has 4 atom stereocenters. The van der Waals surface area contributed by atoms with Crippen LogP contribution in [0.15, 0.2) is 54.7 Å². The average molecular weight is 580 g/mol. The first kappa shape index (κ1) is 32.1. The number of aliphatic carboxylic acids is 1. The number of phenolic OH excluding ortho intramolecular Hbond substituents is 1. The van der Waals surface area contributed by atoms with Crippen LogP contribution in [0.3, 0.4) is 0 Å². The van der Waals surface area contributed by atoms with E-state index >= 15 is 0 Å². The number of rotatable bonds is 14. The molecule has 0 aliphatic carbocycles. The van der Waals surface area contributed by atoms with E-state index in [4.69, 9.17) is 5.73 Å². The van der Waals surface area contributed by atoms with E-state index in [2.05, 4.69) is 20.9 Å². The number of H-pyrrole nitrogens is 1. The second-order valence-corrected chi connectivity index (χ2v) is 11.4. The lowest BCUT2D eigenvalue weighted by molar-refractivity contribution is -0.142. The summed E-state index contributed by atoms with van der Waals surface area (Å²) in [6.45, 7) is 7.28. The molecule has 0 aliphatic heterocycles. The molecule has 0 fully saturated rings. The van der Waals surface area contributed by atoms with E-state index in [0.29, 0.717) is 5.56 Å². The summed E-state index contributed by atoms with van der Waals surface area (Å²) in [5.74, 6) is -3.12. The smallest absolute Gasteiger partial charge is 0.326 e. The number of nitrogens with one attached hydrogen (secondary N) is 4. The van der Waals surface area contributed by atoms with E-state index in [0.717, 1.165) is 16.5 Å². The van der Waals surface area contributed by atoms with Crippen LogP contribution in [0.4, 0.5) is 0 Å². The summed E-state index contributed by atoms with van der Waals surface area (Å²) in [4.78, 5) is 55.2. The van der Waals surface area contributed by atoms with Crippen molar-refractivity contribution in [3.05, 3.63) is 65.9 Å². The van der Waals surface area contributed by atoms with E-state index in [1.165, 1.54) is 12.1 Å². The van der Waals surface area contributed by atoms with Gasteiger partial charge in [-0.05, 0) is 47.6 Å². The standard InChI is InChI=1S/C31H41N5O6/c1-17(2)13-26(31(41)42)36-29(39)25(15-20-16-33-23-8-6-5-7-22(20)23)34-28(38)24(35-30(40)27(32)18(3)4)14-19-9-11-21(37)12-10-19/h5-12,16-18,24-27,33,37H,13-15,32H2,1-4H3,(H,34,38)(H,35,40)(H,36,39)(H,41,42). The van der Waals surface area contributed by atoms with Crippen molar-refractivity contribution in [2.45, 2.75) is 71.1 Å². The molecule has 3 rings (SSSR count). The number of para-hydroxylation sites is 1. The zero-order chi connectivity index (χ0) is 31.0. The molecule has 0 spiro atoms. The van der Waals surface area contributed by atoms with Gasteiger partial charge in [0.05, 0.1) is 6.04 Å². The van der Waals surface area contributed by atoms with Crippen molar-refractivity contribution in [2.24, 2.45) is 17.6 Å². The Kier molecular flexibility index (Phi) is 11.1. The third-order valence-corrected chi connectivity index (χ3v) is 7.08. The Bertz CT molecular complexity index is 1380. The number of hydrogen-bond donors (Lipinski definition) is 7. The van der Waals surface area contributed by atoms with Gasteiger partial charge in [-0.2, -0.15) is 0 Å². The third-order valence-electron chi connectivity index (χ3n) is 7.08. The maximum atomic E-state index is 13.7. The van der Waals surface area contributed by atoms with Gasteiger partial charge in [-0.1, -0.05) is 58.0 Å². The summed E-state index contributed by atoms with van der Waals surface area (Å²) in [5.41, 5.74) is 8.30. The van der Waals surface area contributed by atoms with E-state index in [9.17, 15) is 29.4 Å². The fourth-order valence-electron chi connectivity index (χ4n) is 4.61. The lowest BCUT2D eigenvalue weighted by atomic mass is 9.99. The molecule has 11 heteroatoms. The summed E-state index contributed by atoms with van der Waals surface area (Å²) in [5, 5.41) is 28.3. The lowest BCUT2D eigenvalue weighted by Gasteiger charge is -2.26. The van der Waals surface area contributed by atoms with Gasteiger partial charge in [0, 0.05) is 29.9 Å². The number of phenols is 1. The Morgan fingerprint density at radius 2 is 1.38 bits per heavy atom. The highest BCUT2D eigenvalue weighted by atomic mass is 16.4. The number of nitrogens with two attached hydrogens (primary N) is 1. The first-order chi connectivity index (χ1) is 19.8. The van der Waals surface area contributed by atoms with Crippen LogP contribution in [0.5, 0.6) is 5.75 Å². The van der Waals surface area contributed by atoms with Gasteiger partial charge in [0.25, 0.3) is 0 Å². The van der Waals surface area contributed by atoms with Gasteiger partial charge in [0.2, 0.25) is 17.7 Å². The second kappa shape index (κ2) is 14.5. The number of aromatic hydroxyl groups is 1. The Labute approximate surface area is 245 Å². The molecule has 1 aromatic heterocycles. The van der Waals surface area contributed by atoms with Crippen molar-refractivity contribution in [3.8, 4) is 5.75 Å². The Morgan fingerprint density at radius 1 is 0.810 bits per heavy atom. The molecule has 4 unspecified atom stereocenters. The van der Waals surface area contributed by atoms with E-state index in [1.807, 2.05) is 38.1 Å². The van der Waals surface area contributed by atoms with Gasteiger partial charge >= 0.3 is 5.97 Å². The minimum absolute atomic E-state index is 0.00289. The number of fused-ring (bicyclic) bond motifs is 1. The molecule has 8 N–H and O–H groups in total. The molecule has 42 heavy (non-hydrogen) atoms. The highest BCUT2D eigenvalue weighted by Crippen LogP contribution is 2.20. The molecule has 11 nitrogen and oxygen atoms in total. The number of aromatic nitrogens is 1. The van der Waals surface area contributed by atoms with Crippen LogP contribution in [-0.4, -0.2) is 63.1 Å². The Morgan fingerprint density at radius 3 is 1.98 bits per heavy atom. The maximum Gasteiger partial charge on any atom is 0.326 e. The highest BCUT2D eigenvalue weighted by molar-refractivity contribution is 5.95. The molecule has 0 radical (unpaired) electrons. The zero-order valence-electron chi connectivity index (χ0n) is 24.4. The number of aromatic amines is 1. The second-order valence-electron chi connectivity index (χ2n) is 11.4. The Hall–Kier alpha value is -4.38. The van der Waals surface area contributed by atoms with Gasteiger partial charge in [0.15, 0.2) is 0 Å². The normalized spacial score (nSPS) is 14.3. The summed E-state index contributed by atoms with van der Waals surface area (Å²) < 4.78 is 0. The van der Waals surface area contributed by atoms with Crippen molar-refractivity contribution in [1.29, 1.82) is 0 Å². The van der Waals surface area contributed by atoms with E-state index in [1.54, 1.807) is 32.2 Å².